The van der Waals surface area contributed by atoms with Crippen LogP contribution in [0.1, 0.15) is 5.56 Å². The van der Waals surface area contributed by atoms with E-state index in [4.69, 9.17) is 0 Å². The predicted octanol–water partition coefficient (Wildman–Crippen LogP) is 4.93. The maximum atomic E-state index is 4.63. The first-order chi connectivity index (χ1) is 11.8. The van der Waals surface area contributed by atoms with Crippen LogP contribution in [0.2, 0.25) is 0 Å². The van der Waals surface area contributed by atoms with Crippen LogP contribution in [0.3, 0.4) is 0 Å². The fourth-order valence-corrected chi connectivity index (χ4v) is 3.16. The van der Waals surface area contributed by atoms with E-state index in [1.165, 1.54) is 0 Å². The number of pyridine rings is 1. The molecule has 5 heteroatoms. The molecule has 0 bridgehead atoms. The van der Waals surface area contributed by atoms with Crippen molar-refractivity contribution in [3.05, 3.63) is 83.5 Å². The molecule has 0 saturated carbocycles. The molecule has 0 amide bonds. The number of imidazole rings is 1. The molecule has 0 saturated heterocycles. The van der Waals surface area contributed by atoms with Gasteiger partial charge in [-0.3, -0.25) is 9.98 Å². The van der Waals surface area contributed by atoms with Crippen molar-refractivity contribution in [3.8, 4) is 5.69 Å². The maximum absolute atomic E-state index is 4.63. The molecule has 4 nitrogen and oxygen atoms in total. The lowest BCUT2D eigenvalue weighted by molar-refractivity contribution is 1.05. The van der Waals surface area contributed by atoms with Gasteiger partial charge in [0.25, 0.3) is 0 Å². The second-order valence-electron chi connectivity index (χ2n) is 5.29. The molecule has 4 aromatic rings. The van der Waals surface area contributed by atoms with Crippen molar-refractivity contribution in [2.75, 3.05) is 0 Å². The summed E-state index contributed by atoms with van der Waals surface area (Å²) in [5.74, 6) is 0. The van der Waals surface area contributed by atoms with Gasteiger partial charge < -0.3 is 4.57 Å². The summed E-state index contributed by atoms with van der Waals surface area (Å²) in [4.78, 5) is 13.1. The highest BCUT2D eigenvalue weighted by Crippen LogP contribution is 2.25. The molecule has 2 aromatic carbocycles. The summed E-state index contributed by atoms with van der Waals surface area (Å²) in [7, 11) is 0. The van der Waals surface area contributed by atoms with E-state index in [1.54, 1.807) is 18.7 Å². The summed E-state index contributed by atoms with van der Waals surface area (Å²) in [6.45, 7) is 0. The zero-order valence-corrected chi connectivity index (χ0v) is 14.3. The SMILES string of the molecule is Brc1cc(/C=N/c2cccc3ncccc23)ccc1-n1ccnc1. The summed E-state index contributed by atoms with van der Waals surface area (Å²) >= 11 is 3.61. The van der Waals surface area contributed by atoms with Gasteiger partial charge in [0.15, 0.2) is 0 Å². The molecule has 4 rings (SSSR count). The molecule has 0 unspecified atom stereocenters. The van der Waals surface area contributed by atoms with Crippen molar-refractivity contribution in [2.24, 2.45) is 4.99 Å². The lowest BCUT2D eigenvalue weighted by Crippen LogP contribution is -1.92. The highest BCUT2D eigenvalue weighted by molar-refractivity contribution is 9.10. The average Bonchev–Trinajstić information content (AvgIpc) is 3.14. The van der Waals surface area contributed by atoms with Crippen LogP contribution in [-0.4, -0.2) is 20.7 Å². The summed E-state index contributed by atoms with van der Waals surface area (Å²) in [6, 6.07) is 16.0. The number of hydrogen-bond acceptors (Lipinski definition) is 3. The number of hydrogen-bond donors (Lipinski definition) is 0. The number of aromatic nitrogens is 3. The lowest BCUT2D eigenvalue weighted by Gasteiger charge is -2.06. The number of fused-ring (bicyclic) bond motifs is 1. The minimum absolute atomic E-state index is 0.912. The first kappa shape index (κ1) is 14.8. The predicted molar refractivity (Wildman–Crippen MR) is 100 cm³/mol. The van der Waals surface area contributed by atoms with Crippen molar-refractivity contribution in [1.29, 1.82) is 0 Å². The summed E-state index contributed by atoms with van der Waals surface area (Å²) < 4.78 is 2.95. The minimum atomic E-state index is 0.912. The third-order valence-electron chi connectivity index (χ3n) is 3.73. The van der Waals surface area contributed by atoms with E-state index in [9.17, 15) is 0 Å². The van der Waals surface area contributed by atoms with E-state index in [2.05, 4.69) is 30.9 Å². The van der Waals surface area contributed by atoms with Gasteiger partial charge in [-0.05, 0) is 57.9 Å². The smallest absolute Gasteiger partial charge is 0.0992 e. The van der Waals surface area contributed by atoms with E-state index < -0.39 is 0 Å². The van der Waals surface area contributed by atoms with Gasteiger partial charge in [-0.1, -0.05) is 12.1 Å². The van der Waals surface area contributed by atoms with Crippen molar-refractivity contribution in [3.63, 3.8) is 0 Å². The molecule has 2 aromatic heterocycles. The third kappa shape index (κ3) is 2.86. The van der Waals surface area contributed by atoms with Crippen LogP contribution < -0.4 is 0 Å². The van der Waals surface area contributed by atoms with Gasteiger partial charge in [0.1, 0.15) is 0 Å². The van der Waals surface area contributed by atoms with E-state index in [-0.39, 0.29) is 0 Å². The Morgan fingerprint density at radius 3 is 2.83 bits per heavy atom. The Kier molecular flexibility index (Phi) is 3.92. The molecule has 0 spiro atoms. The molecule has 0 aliphatic carbocycles. The fraction of sp³-hybridized carbons (Fsp3) is 0. The number of benzene rings is 2. The van der Waals surface area contributed by atoms with Crippen molar-refractivity contribution >= 4 is 38.7 Å². The van der Waals surface area contributed by atoms with Crippen LogP contribution in [0.15, 0.2) is 82.9 Å². The van der Waals surface area contributed by atoms with E-state index >= 15 is 0 Å². The standard InChI is InChI=1S/C19H13BrN4/c20-16-11-14(6-7-19(16)24-10-9-21-13-24)12-23-18-5-1-4-17-15(18)3-2-8-22-17/h1-13H/b23-12+. The maximum Gasteiger partial charge on any atom is 0.0992 e. The Morgan fingerprint density at radius 2 is 2.00 bits per heavy atom. The van der Waals surface area contributed by atoms with Crippen LogP contribution in [0.5, 0.6) is 0 Å². The molecule has 0 fully saturated rings. The van der Waals surface area contributed by atoms with Crippen molar-refractivity contribution in [1.82, 2.24) is 14.5 Å². The Balaban J connectivity index is 1.67. The molecule has 2 heterocycles. The number of aliphatic imine (C=N–C) groups is 1. The highest BCUT2D eigenvalue weighted by Gasteiger charge is 2.03. The van der Waals surface area contributed by atoms with Crippen LogP contribution in [0.25, 0.3) is 16.6 Å². The van der Waals surface area contributed by atoms with Crippen LogP contribution >= 0.6 is 15.9 Å². The van der Waals surface area contributed by atoms with Crippen molar-refractivity contribution in [2.45, 2.75) is 0 Å². The number of rotatable bonds is 3. The van der Waals surface area contributed by atoms with Crippen LogP contribution in [-0.2, 0) is 0 Å². The van der Waals surface area contributed by atoms with E-state index in [0.717, 1.165) is 32.3 Å². The highest BCUT2D eigenvalue weighted by atomic mass is 79.9. The van der Waals surface area contributed by atoms with Gasteiger partial charge >= 0.3 is 0 Å². The second-order valence-corrected chi connectivity index (χ2v) is 6.14. The zero-order valence-electron chi connectivity index (χ0n) is 12.7. The van der Waals surface area contributed by atoms with Gasteiger partial charge in [0.2, 0.25) is 0 Å². The lowest BCUT2D eigenvalue weighted by atomic mass is 10.2. The number of nitrogens with zero attached hydrogens (tertiary/aromatic N) is 4. The minimum Gasteiger partial charge on any atom is -0.305 e. The molecule has 116 valence electrons. The van der Waals surface area contributed by atoms with Gasteiger partial charge in [-0.25, -0.2) is 4.98 Å². The van der Waals surface area contributed by atoms with Crippen LogP contribution in [0.4, 0.5) is 5.69 Å². The van der Waals surface area contributed by atoms with Gasteiger partial charge in [0.05, 0.1) is 23.2 Å². The Bertz CT molecular complexity index is 1020. The molecular weight excluding hydrogens is 364 g/mol. The van der Waals surface area contributed by atoms with Crippen LogP contribution in [0, 0.1) is 0 Å². The first-order valence-corrected chi connectivity index (χ1v) is 8.26. The Morgan fingerprint density at radius 1 is 1.04 bits per heavy atom. The van der Waals surface area contributed by atoms with Crippen molar-refractivity contribution < 1.29 is 0 Å². The zero-order chi connectivity index (χ0) is 16.4. The molecular formula is C19H13BrN4. The molecule has 0 atom stereocenters. The average molecular weight is 377 g/mol. The Hall–Kier alpha value is -2.79. The Labute approximate surface area is 147 Å². The second kappa shape index (κ2) is 6.37. The first-order valence-electron chi connectivity index (χ1n) is 7.47. The third-order valence-corrected chi connectivity index (χ3v) is 4.36. The van der Waals surface area contributed by atoms with Gasteiger partial charge in [0, 0.05) is 34.7 Å². The topological polar surface area (TPSA) is 43.1 Å². The summed E-state index contributed by atoms with van der Waals surface area (Å²) in [5, 5.41) is 1.05. The molecule has 24 heavy (non-hydrogen) atoms. The quantitative estimate of drug-likeness (QED) is 0.475. The van der Waals surface area contributed by atoms with E-state index in [0.29, 0.717) is 0 Å². The fourth-order valence-electron chi connectivity index (χ4n) is 2.56. The molecule has 0 N–H and O–H groups in total. The molecule has 0 radical (unpaired) electrons. The normalized spacial score (nSPS) is 11.4. The van der Waals surface area contributed by atoms with E-state index in [1.807, 2.05) is 65.5 Å². The molecule has 0 aliphatic rings. The molecule has 0 aliphatic heterocycles. The number of halogens is 1. The summed E-state index contributed by atoms with van der Waals surface area (Å²) in [6.07, 6.45) is 9.11. The van der Waals surface area contributed by atoms with Gasteiger partial charge in [-0.15, -0.1) is 0 Å². The van der Waals surface area contributed by atoms with Gasteiger partial charge in [-0.2, -0.15) is 0 Å². The monoisotopic (exact) mass is 376 g/mol. The summed E-state index contributed by atoms with van der Waals surface area (Å²) in [5.41, 5.74) is 3.92. The largest absolute Gasteiger partial charge is 0.305 e.